The minimum Gasteiger partial charge on any atom is -0.494 e. The average molecular weight is 320 g/mol. The predicted octanol–water partition coefficient (Wildman–Crippen LogP) is 5.04. The molecule has 0 unspecified atom stereocenters. The number of nitrogens with one attached hydrogen (secondary N) is 1. The number of nitrogens with zero attached hydrogens (tertiary/aromatic N) is 1. The van der Waals surface area contributed by atoms with Gasteiger partial charge < -0.3 is 9.72 Å². The molecule has 0 aliphatic rings. The number of hydrogen-bond acceptors (Lipinski definition) is 2. The van der Waals surface area contributed by atoms with Crippen molar-refractivity contribution in [3.05, 3.63) is 72.3 Å². The summed E-state index contributed by atoms with van der Waals surface area (Å²) in [6.45, 7) is 2.95. The summed E-state index contributed by atoms with van der Waals surface area (Å²) >= 11 is 0. The molecular weight excluding hydrogens is 296 g/mol. The fourth-order valence-electron chi connectivity index (χ4n) is 2.77. The molecule has 1 aromatic heterocycles. The molecule has 0 saturated heterocycles. The van der Waals surface area contributed by atoms with Gasteiger partial charge in [-0.05, 0) is 41.7 Å². The largest absolute Gasteiger partial charge is 0.494 e. The molecule has 0 radical (unpaired) electrons. The summed E-state index contributed by atoms with van der Waals surface area (Å²) in [6.07, 6.45) is 7.76. The maximum absolute atomic E-state index is 5.90. The number of rotatable bonds is 8. The topological polar surface area (TPSA) is 37.9 Å². The van der Waals surface area contributed by atoms with E-state index in [0.717, 1.165) is 43.9 Å². The van der Waals surface area contributed by atoms with Gasteiger partial charge in [-0.25, -0.2) is 4.98 Å². The lowest BCUT2D eigenvalue weighted by Crippen LogP contribution is -1.99. The number of hydrogen-bond donors (Lipinski definition) is 1. The van der Waals surface area contributed by atoms with Gasteiger partial charge in [0.2, 0.25) is 0 Å². The molecule has 0 fully saturated rings. The molecule has 3 heteroatoms. The van der Waals surface area contributed by atoms with Crippen molar-refractivity contribution < 1.29 is 4.74 Å². The minimum atomic E-state index is 0.774. The molecule has 2 aromatic carbocycles. The van der Waals surface area contributed by atoms with Crippen molar-refractivity contribution in [2.45, 2.75) is 32.6 Å². The van der Waals surface area contributed by atoms with Gasteiger partial charge in [0.05, 0.1) is 6.61 Å². The van der Waals surface area contributed by atoms with Crippen molar-refractivity contribution >= 4 is 0 Å². The first-order valence-electron chi connectivity index (χ1n) is 8.66. The molecule has 1 N–H and O–H groups in total. The molecule has 3 rings (SSSR count). The van der Waals surface area contributed by atoms with Crippen LogP contribution in [0.5, 0.6) is 5.75 Å². The maximum atomic E-state index is 5.90. The summed E-state index contributed by atoms with van der Waals surface area (Å²) in [4.78, 5) is 7.50. The zero-order chi connectivity index (χ0) is 16.6. The molecule has 3 nitrogen and oxygen atoms in total. The first-order chi connectivity index (χ1) is 11.9. The Bertz CT molecular complexity index is 736. The first-order valence-corrected chi connectivity index (χ1v) is 8.66. The molecule has 0 bridgehead atoms. The summed E-state index contributed by atoms with van der Waals surface area (Å²) in [5, 5.41) is 0. The van der Waals surface area contributed by atoms with E-state index in [9.17, 15) is 0 Å². The van der Waals surface area contributed by atoms with Gasteiger partial charge >= 0.3 is 0 Å². The van der Waals surface area contributed by atoms with Crippen molar-refractivity contribution in [1.29, 1.82) is 0 Å². The second-order valence-electron chi connectivity index (χ2n) is 5.92. The lowest BCUT2D eigenvalue weighted by Gasteiger charge is -2.13. The smallest absolute Gasteiger partial charge is 0.119 e. The van der Waals surface area contributed by atoms with E-state index in [1.807, 2.05) is 12.3 Å². The van der Waals surface area contributed by atoms with E-state index < -0.39 is 0 Å². The summed E-state index contributed by atoms with van der Waals surface area (Å²) in [6, 6.07) is 17.0. The average Bonchev–Trinajstić information content (AvgIpc) is 3.15. The Hall–Kier alpha value is -2.55. The summed E-state index contributed by atoms with van der Waals surface area (Å²) in [5.74, 6) is 1.97. The monoisotopic (exact) mass is 320 g/mol. The molecular formula is C21H24N2O. The number of ether oxygens (including phenoxy) is 1. The van der Waals surface area contributed by atoms with Crippen molar-refractivity contribution in [3.63, 3.8) is 0 Å². The lowest BCUT2D eigenvalue weighted by molar-refractivity contribution is 0.309. The minimum absolute atomic E-state index is 0.774. The highest BCUT2D eigenvalue weighted by Gasteiger charge is 2.08. The van der Waals surface area contributed by atoms with Gasteiger partial charge in [-0.3, -0.25) is 0 Å². The highest BCUT2D eigenvalue weighted by atomic mass is 16.5. The van der Waals surface area contributed by atoms with Crippen molar-refractivity contribution in [1.82, 2.24) is 9.97 Å². The van der Waals surface area contributed by atoms with Crippen LogP contribution in [0.1, 0.15) is 31.2 Å². The Morgan fingerprint density at radius 2 is 1.92 bits per heavy atom. The number of H-pyrrole nitrogens is 1. The van der Waals surface area contributed by atoms with Crippen LogP contribution in [0.2, 0.25) is 0 Å². The summed E-state index contributed by atoms with van der Waals surface area (Å²) in [7, 11) is 0. The van der Waals surface area contributed by atoms with Crippen LogP contribution in [-0.2, 0) is 12.8 Å². The molecule has 0 amide bonds. The molecule has 0 aliphatic carbocycles. The van der Waals surface area contributed by atoms with Gasteiger partial charge in [0.15, 0.2) is 0 Å². The number of unbranched alkanes of at least 4 members (excludes halogenated alkanes) is 1. The van der Waals surface area contributed by atoms with Crippen LogP contribution in [0.3, 0.4) is 0 Å². The first kappa shape index (κ1) is 16.3. The van der Waals surface area contributed by atoms with E-state index in [4.69, 9.17) is 4.74 Å². The number of aromatic amines is 1. The Kier molecular flexibility index (Phi) is 5.67. The number of imidazole rings is 1. The van der Waals surface area contributed by atoms with Crippen LogP contribution in [-0.4, -0.2) is 16.6 Å². The van der Waals surface area contributed by atoms with E-state index in [2.05, 4.69) is 59.4 Å². The fourth-order valence-corrected chi connectivity index (χ4v) is 2.77. The standard InChI is InChI=1S/C21H24N2O/c1-2-3-15-24-19-11-9-18(10-12-21-22-13-14-23-21)20(16-19)17-7-5-4-6-8-17/h4-9,11,13-14,16H,2-3,10,12,15H2,1H3,(H,22,23). The molecule has 0 atom stereocenters. The van der Waals surface area contributed by atoms with Gasteiger partial charge in [-0.1, -0.05) is 49.7 Å². The van der Waals surface area contributed by atoms with Gasteiger partial charge in [0.25, 0.3) is 0 Å². The van der Waals surface area contributed by atoms with Crippen molar-refractivity contribution in [2.75, 3.05) is 6.61 Å². The summed E-state index contributed by atoms with van der Waals surface area (Å²) in [5.41, 5.74) is 3.80. The van der Waals surface area contributed by atoms with Crippen LogP contribution in [0, 0.1) is 0 Å². The van der Waals surface area contributed by atoms with E-state index >= 15 is 0 Å². The third kappa shape index (κ3) is 4.25. The SMILES string of the molecule is CCCCOc1ccc(CCc2ncc[nH]2)c(-c2ccccc2)c1. The molecule has 0 saturated carbocycles. The van der Waals surface area contributed by atoms with Crippen LogP contribution >= 0.6 is 0 Å². The van der Waals surface area contributed by atoms with Crippen molar-refractivity contribution in [3.8, 4) is 16.9 Å². The number of aryl methyl sites for hydroxylation is 2. The van der Waals surface area contributed by atoms with Gasteiger partial charge in [-0.15, -0.1) is 0 Å². The van der Waals surface area contributed by atoms with E-state index in [1.54, 1.807) is 6.20 Å². The zero-order valence-electron chi connectivity index (χ0n) is 14.2. The van der Waals surface area contributed by atoms with Gasteiger partial charge in [0.1, 0.15) is 11.6 Å². The maximum Gasteiger partial charge on any atom is 0.119 e. The Morgan fingerprint density at radius 1 is 1.04 bits per heavy atom. The second kappa shape index (κ2) is 8.34. The van der Waals surface area contributed by atoms with Crippen molar-refractivity contribution in [2.24, 2.45) is 0 Å². The molecule has 124 valence electrons. The Balaban J connectivity index is 1.83. The molecule has 24 heavy (non-hydrogen) atoms. The lowest BCUT2D eigenvalue weighted by atomic mass is 9.96. The number of aromatic nitrogens is 2. The number of benzene rings is 2. The van der Waals surface area contributed by atoms with Gasteiger partial charge in [0, 0.05) is 18.8 Å². The second-order valence-corrected chi connectivity index (χ2v) is 5.92. The van der Waals surface area contributed by atoms with E-state index in [1.165, 1.54) is 16.7 Å². The Morgan fingerprint density at radius 3 is 2.67 bits per heavy atom. The van der Waals surface area contributed by atoms with E-state index in [-0.39, 0.29) is 0 Å². The Labute approximate surface area is 143 Å². The highest BCUT2D eigenvalue weighted by molar-refractivity contribution is 5.69. The third-order valence-corrected chi connectivity index (χ3v) is 4.12. The normalized spacial score (nSPS) is 10.7. The fraction of sp³-hybridized carbons (Fsp3) is 0.286. The predicted molar refractivity (Wildman–Crippen MR) is 98.3 cm³/mol. The third-order valence-electron chi connectivity index (χ3n) is 4.12. The molecule has 0 aliphatic heterocycles. The molecule has 0 spiro atoms. The zero-order valence-corrected chi connectivity index (χ0v) is 14.2. The van der Waals surface area contributed by atoms with Crippen LogP contribution in [0.25, 0.3) is 11.1 Å². The quantitative estimate of drug-likeness (QED) is 0.590. The molecule has 3 aromatic rings. The van der Waals surface area contributed by atoms with E-state index in [0.29, 0.717) is 0 Å². The van der Waals surface area contributed by atoms with Crippen LogP contribution in [0.4, 0.5) is 0 Å². The van der Waals surface area contributed by atoms with Gasteiger partial charge in [-0.2, -0.15) is 0 Å². The molecule has 1 heterocycles. The summed E-state index contributed by atoms with van der Waals surface area (Å²) < 4.78 is 5.90. The van der Waals surface area contributed by atoms with Crippen LogP contribution < -0.4 is 4.74 Å². The van der Waals surface area contributed by atoms with Crippen LogP contribution in [0.15, 0.2) is 60.9 Å². The highest BCUT2D eigenvalue weighted by Crippen LogP contribution is 2.29.